The number of piperazine rings is 1. The Hall–Kier alpha value is -1.96. The molecule has 3 N–H and O–H groups in total. The first kappa shape index (κ1) is 15.9. The summed E-state index contributed by atoms with van der Waals surface area (Å²) >= 11 is 0. The van der Waals surface area contributed by atoms with Crippen molar-refractivity contribution in [2.75, 3.05) is 24.5 Å². The molecule has 3 rings (SSSR count). The van der Waals surface area contributed by atoms with Gasteiger partial charge in [-0.25, -0.2) is 10.9 Å². The van der Waals surface area contributed by atoms with Crippen LogP contribution in [0.4, 0.5) is 5.69 Å². The van der Waals surface area contributed by atoms with Gasteiger partial charge in [0.05, 0.1) is 0 Å². The molecule has 7 nitrogen and oxygen atoms in total. The fourth-order valence-electron chi connectivity index (χ4n) is 3.15. The van der Waals surface area contributed by atoms with Crippen LogP contribution in [0.2, 0.25) is 0 Å². The summed E-state index contributed by atoms with van der Waals surface area (Å²) in [6.07, 6.45) is 0. The summed E-state index contributed by atoms with van der Waals surface area (Å²) < 4.78 is 0. The molecule has 1 aromatic rings. The highest BCUT2D eigenvalue weighted by Gasteiger charge is 2.36. The van der Waals surface area contributed by atoms with Crippen LogP contribution < -0.4 is 21.3 Å². The number of hydrogen-bond donors (Lipinski definition) is 3. The van der Waals surface area contributed by atoms with Crippen molar-refractivity contribution in [3.8, 4) is 0 Å². The van der Waals surface area contributed by atoms with Crippen LogP contribution in [-0.2, 0) is 9.59 Å². The van der Waals surface area contributed by atoms with Crippen LogP contribution in [0.5, 0.6) is 0 Å². The van der Waals surface area contributed by atoms with Crippen molar-refractivity contribution in [1.29, 1.82) is 0 Å². The summed E-state index contributed by atoms with van der Waals surface area (Å²) in [6.45, 7) is 7.15. The van der Waals surface area contributed by atoms with E-state index >= 15 is 0 Å². The molecule has 2 unspecified atom stereocenters. The standard InChI is InChI=1S/C16H23N5O2/c1-10-6-11(2)8-13(7-10)21-5-4-20(9-14(21)22)16(23)15-12(3)17-19-18-15/h6-8,12,15,17-19H,4-5,9H2,1-3H3. The lowest BCUT2D eigenvalue weighted by molar-refractivity contribution is -0.138. The minimum Gasteiger partial charge on any atom is -0.330 e. The van der Waals surface area contributed by atoms with E-state index in [-0.39, 0.29) is 30.4 Å². The second-order valence-corrected chi connectivity index (χ2v) is 6.33. The summed E-state index contributed by atoms with van der Waals surface area (Å²) in [5.41, 5.74) is 11.8. The molecule has 2 saturated heterocycles. The molecular weight excluding hydrogens is 294 g/mol. The number of hydrogen-bond acceptors (Lipinski definition) is 5. The molecule has 2 aliphatic heterocycles. The molecule has 2 aliphatic rings. The second-order valence-electron chi connectivity index (χ2n) is 6.33. The average Bonchev–Trinajstić information content (AvgIpc) is 2.91. The smallest absolute Gasteiger partial charge is 0.246 e. The SMILES string of the molecule is Cc1cc(C)cc(N2CCN(C(=O)C3NNNC3C)CC2=O)c1. The van der Waals surface area contributed by atoms with Gasteiger partial charge in [0.25, 0.3) is 0 Å². The van der Waals surface area contributed by atoms with E-state index < -0.39 is 0 Å². The van der Waals surface area contributed by atoms with Crippen LogP contribution in [-0.4, -0.2) is 48.4 Å². The van der Waals surface area contributed by atoms with Crippen LogP contribution in [0.1, 0.15) is 18.1 Å². The van der Waals surface area contributed by atoms with Crippen molar-refractivity contribution in [2.45, 2.75) is 32.9 Å². The average molecular weight is 317 g/mol. The molecule has 0 saturated carbocycles. The number of carbonyl (C=O) groups is 2. The first-order valence-electron chi connectivity index (χ1n) is 7.89. The Bertz CT molecular complexity index is 613. The Kier molecular flexibility index (Phi) is 4.34. The van der Waals surface area contributed by atoms with Crippen molar-refractivity contribution in [1.82, 2.24) is 21.3 Å². The lowest BCUT2D eigenvalue weighted by Gasteiger charge is -2.36. The molecule has 124 valence electrons. The van der Waals surface area contributed by atoms with E-state index in [0.717, 1.165) is 16.8 Å². The Morgan fingerprint density at radius 3 is 2.39 bits per heavy atom. The summed E-state index contributed by atoms with van der Waals surface area (Å²) in [7, 11) is 0. The largest absolute Gasteiger partial charge is 0.330 e. The zero-order valence-electron chi connectivity index (χ0n) is 13.7. The highest BCUT2D eigenvalue weighted by Crippen LogP contribution is 2.21. The fraction of sp³-hybridized carbons (Fsp3) is 0.500. The van der Waals surface area contributed by atoms with Crippen molar-refractivity contribution < 1.29 is 9.59 Å². The third kappa shape index (κ3) is 3.21. The number of amides is 2. The molecule has 0 aliphatic carbocycles. The van der Waals surface area contributed by atoms with E-state index in [2.05, 4.69) is 22.5 Å². The van der Waals surface area contributed by atoms with Gasteiger partial charge in [0, 0.05) is 24.8 Å². The van der Waals surface area contributed by atoms with Gasteiger partial charge in [0.15, 0.2) is 0 Å². The van der Waals surface area contributed by atoms with Crippen LogP contribution >= 0.6 is 0 Å². The number of hydrazine groups is 2. The van der Waals surface area contributed by atoms with Gasteiger partial charge in [-0.3, -0.25) is 9.59 Å². The monoisotopic (exact) mass is 317 g/mol. The molecule has 23 heavy (non-hydrogen) atoms. The van der Waals surface area contributed by atoms with Crippen molar-refractivity contribution in [3.63, 3.8) is 0 Å². The maximum Gasteiger partial charge on any atom is 0.246 e. The lowest BCUT2D eigenvalue weighted by atomic mass is 10.1. The van der Waals surface area contributed by atoms with Gasteiger partial charge >= 0.3 is 0 Å². The highest BCUT2D eigenvalue weighted by atomic mass is 16.2. The Balaban J connectivity index is 1.70. The van der Waals surface area contributed by atoms with Gasteiger partial charge in [0.1, 0.15) is 12.6 Å². The molecule has 2 heterocycles. The third-order valence-electron chi connectivity index (χ3n) is 4.34. The lowest BCUT2D eigenvalue weighted by Crippen LogP contribution is -2.57. The molecule has 0 radical (unpaired) electrons. The second kappa shape index (κ2) is 6.27. The maximum atomic E-state index is 12.5. The minimum absolute atomic E-state index is 0.0185. The number of rotatable bonds is 2. The zero-order chi connectivity index (χ0) is 16.6. The first-order chi connectivity index (χ1) is 11.0. The topological polar surface area (TPSA) is 76.7 Å². The van der Waals surface area contributed by atoms with Gasteiger partial charge in [0.2, 0.25) is 11.8 Å². The molecule has 0 spiro atoms. The Labute approximate surface area is 136 Å². The summed E-state index contributed by atoms with van der Waals surface area (Å²) in [6, 6.07) is 5.74. The molecule has 2 fully saturated rings. The maximum absolute atomic E-state index is 12.5. The van der Waals surface area contributed by atoms with Crippen molar-refractivity contribution >= 4 is 17.5 Å². The predicted octanol–water partition coefficient (Wildman–Crippen LogP) is -0.152. The molecule has 2 amide bonds. The first-order valence-corrected chi connectivity index (χ1v) is 7.89. The summed E-state index contributed by atoms with van der Waals surface area (Å²) in [5, 5.41) is 0. The van der Waals surface area contributed by atoms with Crippen molar-refractivity contribution in [2.24, 2.45) is 0 Å². The molecule has 2 atom stereocenters. The number of nitrogens with zero attached hydrogens (tertiary/aromatic N) is 2. The van der Waals surface area contributed by atoms with E-state index in [4.69, 9.17) is 0 Å². The molecule has 0 aromatic heterocycles. The molecular formula is C16H23N5O2. The normalized spacial score (nSPS) is 25.1. The molecule has 0 bridgehead atoms. The number of nitrogens with one attached hydrogen (secondary N) is 3. The number of anilines is 1. The van der Waals surface area contributed by atoms with Crippen LogP contribution in [0.3, 0.4) is 0 Å². The Morgan fingerprint density at radius 1 is 1.13 bits per heavy atom. The number of carbonyl (C=O) groups excluding carboxylic acids is 2. The van der Waals surface area contributed by atoms with E-state index in [0.29, 0.717) is 13.1 Å². The van der Waals surface area contributed by atoms with Gasteiger partial charge in [-0.2, -0.15) is 5.53 Å². The van der Waals surface area contributed by atoms with Crippen LogP contribution in [0.25, 0.3) is 0 Å². The van der Waals surface area contributed by atoms with Crippen LogP contribution in [0, 0.1) is 13.8 Å². The molecule has 7 heteroatoms. The van der Waals surface area contributed by atoms with Crippen LogP contribution in [0.15, 0.2) is 18.2 Å². The fourth-order valence-corrected chi connectivity index (χ4v) is 3.15. The highest BCUT2D eigenvalue weighted by molar-refractivity contribution is 5.98. The van der Waals surface area contributed by atoms with Gasteiger partial charge in [-0.1, -0.05) is 6.07 Å². The van der Waals surface area contributed by atoms with E-state index in [1.54, 1.807) is 9.80 Å². The zero-order valence-corrected chi connectivity index (χ0v) is 13.7. The number of aryl methyl sites for hydroxylation is 2. The Morgan fingerprint density at radius 2 is 1.83 bits per heavy atom. The molecule has 1 aromatic carbocycles. The van der Waals surface area contributed by atoms with Gasteiger partial charge in [-0.15, -0.1) is 0 Å². The minimum atomic E-state index is -0.351. The summed E-state index contributed by atoms with van der Waals surface area (Å²) in [4.78, 5) is 28.4. The summed E-state index contributed by atoms with van der Waals surface area (Å²) in [5.74, 6) is -0.0930. The quantitative estimate of drug-likeness (QED) is 0.707. The van der Waals surface area contributed by atoms with Gasteiger partial charge in [-0.05, 0) is 44.0 Å². The van der Waals surface area contributed by atoms with E-state index in [1.807, 2.05) is 32.9 Å². The predicted molar refractivity (Wildman–Crippen MR) is 87.5 cm³/mol. The number of benzene rings is 1. The third-order valence-corrected chi connectivity index (χ3v) is 4.34. The van der Waals surface area contributed by atoms with Gasteiger partial charge < -0.3 is 9.80 Å². The van der Waals surface area contributed by atoms with E-state index in [9.17, 15) is 9.59 Å². The van der Waals surface area contributed by atoms with Crippen molar-refractivity contribution in [3.05, 3.63) is 29.3 Å². The van der Waals surface area contributed by atoms with E-state index in [1.165, 1.54) is 0 Å².